The molecule has 0 spiro atoms. The van der Waals surface area contributed by atoms with Crippen molar-refractivity contribution in [1.82, 2.24) is 15.5 Å². The average Bonchev–Trinajstić information content (AvgIpc) is 3.18. The first kappa shape index (κ1) is 14.6. The van der Waals surface area contributed by atoms with Gasteiger partial charge in [0, 0.05) is 32.7 Å². The van der Waals surface area contributed by atoms with Crippen LogP contribution in [-0.2, 0) is 0 Å². The number of nitrogens with one attached hydrogen (secondary N) is 2. The predicted octanol–water partition coefficient (Wildman–Crippen LogP) is 1.83. The Morgan fingerprint density at radius 2 is 2.05 bits per heavy atom. The summed E-state index contributed by atoms with van der Waals surface area (Å²) in [4.78, 5) is 6.96. The molecule has 4 nitrogen and oxygen atoms in total. The average molecular weight is 266 g/mol. The Hall–Kier alpha value is -0.770. The largest absolute Gasteiger partial charge is 0.356 e. The van der Waals surface area contributed by atoms with Crippen LogP contribution < -0.4 is 10.6 Å². The first-order valence-electron chi connectivity index (χ1n) is 8.02. The molecule has 0 aromatic heterocycles. The number of rotatable bonds is 7. The number of guanidine groups is 1. The third-order valence-electron chi connectivity index (χ3n) is 4.24. The van der Waals surface area contributed by atoms with E-state index in [4.69, 9.17) is 0 Å². The Morgan fingerprint density at radius 3 is 2.74 bits per heavy atom. The first-order valence-corrected chi connectivity index (χ1v) is 8.02. The highest BCUT2D eigenvalue weighted by molar-refractivity contribution is 5.79. The molecule has 1 heterocycles. The highest BCUT2D eigenvalue weighted by atomic mass is 15.2. The van der Waals surface area contributed by atoms with Crippen molar-refractivity contribution >= 4 is 5.96 Å². The van der Waals surface area contributed by atoms with E-state index >= 15 is 0 Å². The minimum Gasteiger partial charge on any atom is -0.356 e. The van der Waals surface area contributed by atoms with Crippen LogP contribution in [0.15, 0.2) is 4.99 Å². The molecule has 1 aliphatic carbocycles. The number of unbranched alkanes of at least 4 members (excludes halogenated alkanes) is 2. The van der Waals surface area contributed by atoms with Crippen LogP contribution in [0.5, 0.6) is 0 Å². The molecule has 1 aliphatic heterocycles. The third kappa shape index (κ3) is 5.01. The molecule has 0 aromatic carbocycles. The molecule has 0 amide bonds. The predicted molar refractivity (Wildman–Crippen MR) is 81.6 cm³/mol. The van der Waals surface area contributed by atoms with Crippen molar-refractivity contribution in [3.8, 4) is 0 Å². The minimum atomic E-state index is 0.801. The van der Waals surface area contributed by atoms with Gasteiger partial charge in [-0.3, -0.25) is 4.99 Å². The summed E-state index contributed by atoms with van der Waals surface area (Å²) in [5.41, 5.74) is 0. The molecule has 4 heteroatoms. The van der Waals surface area contributed by atoms with Crippen molar-refractivity contribution in [3.63, 3.8) is 0 Å². The quantitative estimate of drug-likeness (QED) is 0.419. The van der Waals surface area contributed by atoms with Crippen molar-refractivity contribution in [2.45, 2.75) is 51.5 Å². The summed E-state index contributed by atoms with van der Waals surface area (Å²) < 4.78 is 0. The van der Waals surface area contributed by atoms with Gasteiger partial charge in [0.15, 0.2) is 5.96 Å². The van der Waals surface area contributed by atoms with Gasteiger partial charge in [0.25, 0.3) is 0 Å². The van der Waals surface area contributed by atoms with E-state index in [2.05, 4.69) is 27.4 Å². The maximum Gasteiger partial charge on any atom is 0.190 e. The Balaban J connectivity index is 1.57. The normalized spacial score (nSPS) is 24.7. The van der Waals surface area contributed by atoms with E-state index < -0.39 is 0 Å². The molecule has 1 atom stereocenters. The maximum absolute atomic E-state index is 4.29. The minimum absolute atomic E-state index is 0.801. The monoisotopic (exact) mass is 266 g/mol. The van der Waals surface area contributed by atoms with Crippen LogP contribution in [0.1, 0.15) is 45.4 Å². The second-order valence-corrected chi connectivity index (χ2v) is 5.97. The number of likely N-dealkylation sites (tertiary alicyclic amines) is 1. The van der Waals surface area contributed by atoms with Crippen molar-refractivity contribution in [1.29, 1.82) is 0 Å². The summed E-state index contributed by atoms with van der Waals surface area (Å²) in [5.74, 6) is 1.77. The first-order chi connectivity index (χ1) is 9.33. The maximum atomic E-state index is 4.29. The number of hydrogen-bond donors (Lipinski definition) is 2. The molecule has 1 saturated heterocycles. The summed E-state index contributed by atoms with van der Waals surface area (Å²) >= 11 is 0. The van der Waals surface area contributed by atoms with E-state index in [-0.39, 0.29) is 0 Å². The standard InChI is InChI=1S/C15H30N4/c1-3-4-5-9-17-15(16-2)18-11-13-8-10-19(12-13)14-6-7-14/h13-14H,3-12H2,1-2H3,(H2,16,17,18). The molecule has 2 fully saturated rings. The third-order valence-corrected chi connectivity index (χ3v) is 4.24. The van der Waals surface area contributed by atoms with E-state index in [0.29, 0.717) is 0 Å². The van der Waals surface area contributed by atoms with Gasteiger partial charge in [-0.05, 0) is 38.1 Å². The fraction of sp³-hybridized carbons (Fsp3) is 0.933. The van der Waals surface area contributed by atoms with Crippen molar-refractivity contribution in [3.05, 3.63) is 0 Å². The lowest BCUT2D eigenvalue weighted by atomic mass is 10.1. The van der Waals surface area contributed by atoms with Crippen LogP contribution in [0, 0.1) is 5.92 Å². The Bertz CT molecular complexity index is 286. The SMILES string of the molecule is CCCCCNC(=NC)NCC1CCN(C2CC2)C1. The van der Waals surface area contributed by atoms with E-state index in [1.54, 1.807) is 0 Å². The van der Waals surface area contributed by atoms with Gasteiger partial charge in [0.2, 0.25) is 0 Å². The highest BCUT2D eigenvalue weighted by Gasteiger charge is 2.34. The summed E-state index contributed by atoms with van der Waals surface area (Å²) in [7, 11) is 1.86. The molecule has 19 heavy (non-hydrogen) atoms. The lowest BCUT2D eigenvalue weighted by Gasteiger charge is -2.17. The van der Waals surface area contributed by atoms with Gasteiger partial charge in [0.1, 0.15) is 0 Å². The lowest BCUT2D eigenvalue weighted by molar-refractivity contribution is 0.314. The second-order valence-electron chi connectivity index (χ2n) is 5.97. The van der Waals surface area contributed by atoms with Gasteiger partial charge in [-0.1, -0.05) is 19.8 Å². The van der Waals surface area contributed by atoms with Gasteiger partial charge in [-0.25, -0.2) is 0 Å². The molecule has 0 aromatic rings. The fourth-order valence-electron chi connectivity index (χ4n) is 2.84. The molecule has 1 saturated carbocycles. The fourth-order valence-corrected chi connectivity index (χ4v) is 2.84. The van der Waals surface area contributed by atoms with Gasteiger partial charge in [-0.2, -0.15) is 0 Å². The molecule has 0 bridgehead atoms. The van der Waals surface area contributed by atoms with E-state index in [9.17, 15) is 0 Å². The van der Waals surface area contributed by atoms with E-state index in [0.717, 1.165) is 31.0 Å². The highest BCUT2D eigenvalue weighted by Crippen LogP contribution is 2.31. The van der Waals surface area contributed by atoms with Crippen molar-refractivity contribution in [2.24, 2.45) is 10.9 Å². The van der Waals surface area contributed by atoms with Gasteiger partial charge >= 0.3 is 0 Å². The lowest BCUT2D eigenvalue weighted by Crippen LogP contribution is -2.40. The number of nitrogens with zero attached hydrogens (tertiary/aromatic N) is 2. The molecule has 110 valence electrons. The zero-order valence-corrected chi connectivity index (χ0v) is 12.6. The van der Waals surface area contributed by atoms with E-state index in [1.165, 1.54) is 51.6 Å². The smallest absolute Gasteiger partial charge is 0.190 e. The Kier molecular flexibility index (Phi) is 5.95. The molecule has 0 radical (unpaired) electrons. The van der Waals surface area contributed by atoms with Crippen molar-refractivity contribution in [2.75, 3.05) is 33.2 Å². The van der Waals surface area contributed by atoms with Gasteiger partial charge in [0.05, 0.1) is 0 Å². The second kappa shape index (κ2) is 7.73. The van der Waals surface area contributed by atoms with Crippen LogP contribution in [-0.4, -0.2) is 50.1 Å². The summed E-state index contributed by atoms with van der Waals surface area (Å²) in [6.45, 7) is 6.92. The van der Waals surface area contributed by atoms with Crippen LogP contribution in [0.25, 0.3) is 0 Å². The van der Waals surface area contributed by atoms with E-state index in [1.807, 2.05) is 7.05 Å². The van der Waals surface area contributed by atoms with Crippen LogP contribution >= 0.6 is 0 Å². The van der Waals surface area contributed by atoms with Gasteiger partial charge < -0.3 is 15.5 Å². The number of hydrogen-bond acceptors (Lipinski definition) is 2. The topological polar surface area (TPSA) is 39.7 Å². The molecule has 2 aliphatic rings. The summed E-state index contributed by atoms with van der Waals surface area (Å²) in [6, 6.07) is 0.927. The zero-order valence-electron chi connectivity index (χ0n) is 12.6. The molecule has 1 unspecified atom stereocenters. The van der Waals surface area contributed by atoms with Crippen molar-refractivity contribution < 1.29 is 0 Å². The van der Waals surface area contributed by atoms with Gasteiger partial charge in [-0.15, -0.1) is 0 Å². The van der Waals surface area contributed by atoms with Crippen LogP contribution in [0.3, 0.4) is 0 Å². The van der Waals surface area contributed by atoms with Crippen LogP contribution in [0.2, 0.25) is 0 Å². The molecule has 2 rings (SSSR count). The Morgan fingerprint density at radius 1 is 1.21 bits per heavy atom. The molecular weight excluding hydrogens is 236 g/mol. The Labute approximate surface area is 118 Å². The molecule has 2 N–H and O–H groups in total. The molecular formula is C15H30N4. The summed E-state index contributed by atoms with van der Waals surface area (Å²) in [6.07, 6.45) is 8.00. The zero-order chi connectivity index (χ0) is 13.5. The number of aliphatic imine (C=N–C) groups is 1. The van der Waals surface area contributed by atoms with Crippen LogP contribution in [0.4, 0.5) is 0 Å². The summed E-state index contributed by atoms with van der Waals surface area (Å²) in [5, 5.41) is 6.88.